The van der Waals surface area contributed by atoms with Gasteiger partial charge in [-0.15, -0.1) is 0 Å². The Morgan fingerprint density at radius 1 is 1.44 bits per heavy atom. The third-order valence-electron chi connectivity index (χ3n) is 3.80. The quantitative estimate of drug-likeness (QED) is 0.879. The Morgan fingerprint density at radius 2 is 2.17 bits per heavy atom. The van der Waals surface area contributed by atoms with Crippen LogP contribution in [0.2, 0.25) is 0 Å². The van der Waals surface area contributed by atoms with Gasteiger partial charge in [0.1, 0.15) is 5.82 Å². The molecule has 0 spiro atoms. The fraction of sp³-hybridized carbons (Fsp3) is 0.714. The lowest BCUT2D eigenvalue weighted by Crippen LogP contribution is -2.31. The Labute approximate surface area is 110 Å². The lowest BCUT2D eigenvalue weighted by Gasteiger charge is -2.22. The van der Waals surface area contributed by atoms with Gasteiger partial charge in [0.2, 0.25) is 0 Å². The third-order valence-corrected chi connectivity index (χ3v) is 3.80. The van der Waals surface area contributed by atoms with E-state index in [-0.39, 0.29) is 5.41 Å². The van der Waals surface area contributed by atoms with Crippen molar-refractivity contribution in [3.63, 3.8) is 0 Å². The van der Waals surface area contributed by atoms with Crippen LogP contribution >= 0.6 is 0 Å². The molecule has 1 aromatic rings. The van der Waals surface area contributed by atoms with Crippen molar-refractivity contribution in [2.75, 3.05) is 26.7 Å². The van der Waals surface area contributed by atoms with E-state index < -0.39 is 0 Å². The average Bonchev–Trinajstić information content (AvgIpc) is 2.75. The second-order valence-electron chi connectivity index (χ2n) is 6.09. The largest absolute Gasteiger partial charge is 0.329 e. The standard InChI is InChI=1S/C14H24N4/c1-10-7-12(11-5-6-18(4)8-11)17-13(16-10)14(2,3)9-15/h7,11H,5-6,8-9,15H2,1-4H3. The zero-order valence-electron chi connectivity index (χ0n) is 11.9. The van der Waals surface area contributed by atoms with E-state index in [1.807, 2.05) is 6.92 Å². The summed E-state index contributed by atoms with van der Waals surface area (Å²) in [6, 6.07) is 2.12. The molecule has 2 heterocycles. The summed E-state index contributed by atoms with van der Waals surface area (Å²) in [4.78, 5) is 11.7. The van der Waals surface area contributed by atoms with Gasteiger partial charge >= 0.3 is 0 Å². The number of nitrogens with zero attached hydrogens (tertiary/aromatic N) is 3. The number of aromatic nitrogens is 2. The van der Waals surface area contributed by atoms with Crippen LogP contribution < -0.4 is 5.73 Å². The maximum absolute atomic E-state index is 5.83. The maximum Gasteiger partial charge on any atom is 0.135 e. The molecule has 1 unspecified atom stereocenters. The number of hydrogen-bond donors (Lipinski definition) is 1. The predicted octanol–water partition coefficient (Wildman–Crippen LogP) is 1.44. The van der Waals surface area contributed by atoms with Crippen LogP contribution in [0.25, 0.3) is 0 Å². The van der Waals surface area contributed by atoms with Gasteiger partial charge in [0.05, 0.1) is 0 Å². The Morgan fingerprint density at radius 3 is 2.72 bits per heavy atom. The maximum atomic E-state index is 5.83. The fourth-order valence-electron chi connectivity index (χ4n) is 2.37. The molecule has 0 aliphatic carbocycles. The molecule has 0 amide bonds. The predicted molar refractivity (Wildman–Crippen MR) is 73.7 cm³/mol. The van der Waals surface area contributed by atoms with Crippen molar-refractivity contribution in [2.45, 2.75) is 38.5 Å². The highest BCUT2D eigenvalue weighted by Gasteiger charge is 2.27. The first kappa shape index (κ1) is 13.4. The van der Waals surface area contributed by atoms with Crippen molar-refractivity contribution in [1.29, 1.82) is 0 Å². The number of aryl methyl sites for hydroxylation is 1. The Balaban J connectivity index is 2.32. The summed E-state index contributed by atoms with van der Waals surface area (Å²) in [7, 11) is 2.17. The smallest absolute Gasteiger partial charge is 0.135 e. The van der Waals surface area contributed by atoms with Crippen LogP contribution in [-0.4, -0.2) is 41.5 Å². The zero-order chi connectivity index (χ0) is 13.3. The molecule has 0 saturated carbocycles. The van der Waals surface area contributed by atoms with Crippen LogP contribution in [0.15, 0.2) is 6.07 Å². The molecule has 4 heteroatoms. The topological polar surface area (TPSA) is 55.0 Å². The van der Waals surface area contributed by atoms with Crippen molar-refractivity contribution < 1.29 is 0 Å². The molecule has 100 valence electrons. The molecule has 1 aliphatic heterocycles. The van der Waals surface area contributed by atoms with Crippen LogP contribution in [-0.2, 0) is 5.41 Å². The van der Waals surface area contributed by atoms with Gasteiger partial charge in [-0.1, -0.05) is 13.8 Å². The summed E-state index contributed by atoms with van der Waals surface area (Å²) in [5.41, 5.74) is 7.91. The van der Waals surface area contributed by atoms with Gasteiger partial charge in [0, 0.05) is 35.8 Å². The molecular weight excluding hydrogens is 224 g/mol. The van der Waals surface area contributed by atoms with Crippen LogP contribution in [0.5, 0.6) is 0 Å². The molecule has 2 rings (SSSR count). The lowest BCUT2D eigenvalue weighted by atomic mass is 9.92. The first-order valence-corrected chi connectivity index (χ1v) is 6.67. The molecule has 1 atom stereocenters. The summed E-state index contributed by atoms with van der Waals surface area (Å²) >= 11 is 0. The average molecular weight is 248 g/mol. The second kappa shape index (κ2) is 4.94. The van der Waals surface area contributed by atoms with Crippen LogP contribution in [0, 0.1) is 6.92 Å². The highest BCUT2D eigenvalue weighted by atomic mass is 15.1. The molecule has 0 radical (unpaired) electrons. The van der Waals surface area contributed by atoms with E-state index in [1.165, 1.54) is 12.1 Å². The molecular formula is C14H24N4. The lowest BCUT2D eigenvalue weighted by molar-refractivity contribution is 0.410. The van der Waals surface area contributed by atoms with Crippen molar-refractivity contribution in [3.8, 4) is 0 Å². The van der Waals surface area contributed by atoms with Crippen molar-refractivity contribution in [1.82, 2.24) is 14.9 Å². The molecule has 1 aromatic heterocycles. The summed E-state index contributed by atoms with van der Waals surface area (Å²) in [6.07, 6.45) is 1.19. The summed E-state index contributed by atoms with van der Waals surface area (Å²) in [5, 5.41) is 0. The van der Waals surface area contributed by atoms with Gasteiger partial charge in [0.25, 0.3) is 0 Å². The first-order valence-electron chi connectivity index (χ1n) is 6.67. The summed E-state index contributed by atoms with van der Waals surface area (Å²) in [5.74, 6) is 1.43. The van der Waals surface area contributed by atoms with E-state index >= 15 is 0 Å². The number of nitrogens with two attached hydrogens (primary N) is 1. The monoisotopic (exact) mass is 248 g/mol. The van der Waals surface area contributed by atoms with Crippen LogP contribution in [0.1, 0.15) is 43.4 Å². The second-order valence-corrected chi connectivity index (χ2v) is 6.09. The zero-order valence-corrected chi connectivity index (χ0v) is 11.9. The van der Waals surface area contributed by atoms with Gasteiger partial charge in [0.15, 0.2) is 0 Å². The van der Waals surface area contributed by atoms with Gasteiger partial charge in [-0.3, -0.25) is 0 Å². The fourth-order valence-corrected chi connectivity index (χ4v) is 2.37. The summed E-state index contributed by atoms with van der Waals surface area (Å²) in [6.45, 7) is 9.07. The van der Waals surface area contributed by atoms with Crippen LogP contribution in [0.3, 0.4) is 0 Å². The Kier molecular flexibility index (Phi) is 3.69. The van der Waals surface area contributed by atoms with E-state index in [4.69, 9.17) is 10.7 Å². The third kappa shape index (κ3) is 2.70. The van der Waals surface area contributed by atoms with E-state index in [9.17, 15) is 0 Å². The molecule has 1 aliphatic rings. The van der Waals surface area contributed by atoms with E-state index in [0.717, 1.165) is 24.6 Å². The Hall–Kier alpha value is -1.00. The van der Waals surface area contributed by atoms with Gasteiger partial charge in [-0.2, -0.15) is 0 Å². The van der Waals surface area contributed by atoms with Crippen molar-refractivity contribution in [2.24, 2.45) is 5.73 Å². The highest BCUT2D eigenvalue weighted by molar-refractivity contribution is 5.19. The number of hydrogen-bond acceptors (Lipinski definition) is 4. The van der Waals surface area contributed by atoms with E-state index in [1.54, 1.807) is 0 Å². The normalized spacial score (nSPS) is 21.5. The minimum atomic E-state index is -0.148. The highest BCUT2D eigenvalue weighted by Crippen LogP contribution is 2.27. The van der Waals surface area contributed by atoms with Crippen molar-refractivity contribution in [3.05, 3.63) is 23.3 Å². The first-order chi connectivity index (χ1) is 8.42. The minimum Gasteiger partial charge on any atom is -0.329 e. The molecule has 2 N–H and O–H groups in total. The van der Waals surface area contributed by atoms with Gasteiger partial charge < -0.3 is 10.6 Å². The summed E-state index contributed by atoms with van der Waals surface area (Å²) < 4.78 is 0. The Bertz CT molecular complexity index is 428. The molecule has 0 bridgehead atoms. The van der Waals surface area contributed by atoms with E-state index in [0.29, 0.717) is 12.5 Å². The molecule has 18 heavy (non-hydrogen) atoms. The molecule has 1 saturated heterocycles. The van der Waals surface area contributed by atoms with Gasteiger partial charge in [-0.05, 0) is 33.0 Å². The molecule has 0 aromatic carbocycles. The molecule has 4 nitrogen and oxygen atoms in total. The van der Waals surface area contributed by atoms with Crippen LogP contribution in [0.4, 0.5) is 0 Å². The number of rotatable bonds is 3. The number of likely N-dealkylation sites (N-methyl/N-ethyl adjacent to an activating group) is 1. The van der Waals surface area contributed by atoms with E-state index in [2.05, 4.69) is 36.8 Å². The number of likely N-dealkylation sites (tertiary alicyclic amines) is 1. The van der Waals surface area contributed by atoms with Gasteiger partial charge in [-0.25, -0.2) is 9.97 Å². The SMILES string of the molecule is Cc1cc(C2CCN(C)C2)nc(C(C)(C)CN)n1. The van der Waals surface area contributed by atoms with Crippen molar-refractivity contribution >= 4 is 0 Å². The minimum absolute atomic E-state index is 0.148. The molecule has 1 fully saturated rings.